The number of aromatic nitrogens is 1. The monoisotopic (exact) mass is 173 g/mol. The third-order valence-corrected chi connectivity index (χ3v) is 1.51. The number of aliphatic hydroxyl groups excluding tert-OH is 1. The van der Waals surface area contributed by atoms with Gasteiger partial charge in [0, 0.05) is 17.5 Å². The summed E-state index contributed by atoms with van der Waals surface area (Å²) < 4.78 is 23.9. The molecule has 0 fully saturated rings. The van der Waals surface area contributed by atoms with E-state index >= 15 is 0 Å². The molecule has 1 rings (SSSR count). The fourth-order valence-corrected chi connectivity index (χ4v) is 0.800. The Labute approximate surface area is 68.9 Å². The largest absolute Gasteiger partial charge is 0.382 e. The van der Waals surface area contributed by atoms with Gasteiger partial charge in [0.2, 0.25) is 0 Å². The van der Waals surface area contributed by atoms with Crippen LogP contribution >= 0.6 is 0 Å². The van der Waals surface area contributed by atoms with Crippen LogP contribution < -0.4 is 0 Å². The van der Waals surface area contributed by atoms with Gasteiger partial charge < -0.3 is 5.11 Å². The second kappa shape index (κ2) is 3.58. The first-order valence-corrected chi connectivity index (χ1v) is 3.50. The highest BCUT2D eigenvalue weighted by molar-refractivity contribution is 5.15. The number of hydrogen-bond acceptors (Lipinski definition) is 2. The Hall–Kier alpha value is -1.03. The molecule has 1 aromatic rings. The number of nitrogens with zero attached hydrogens (tertiary/aromatic N) is 1. The summed E-state index contributed by atoms with van der Waals surface area (Å²) in [7, 11) is 0. The molecule has 0 aromatic carbocycles. The third-order valence-electron chi connectivity index (χ3n) is 1.51. The lowest BCUT2D eigenvalue weighted by atomic mass is 10.1. The molecule has 66 valence electrons. The average Bonchev–Trinajstić information content (AvgIpc) is 2.04. The molecule has 0 spiro atoms. The normalized spacial score (nSPS) is 13.4. The molecule has 0 aliphatic rings. The van der Waals surface area contributed by atoms with E-state index in [-0.39, 0.29) is 5.56 Å². The molecule has 0 aliphatic carbocycles. The Balaban J connectivity index is 2.82. The van der Waals surface area contributed by atoms with Crippen LogP contribution in [0.15, 0.2) is 18.3 Å². The first-order chi connectivity index (χ1) is 5.61. The van der Waals surface area contributed by atoms with Gasteiger partial charge in [0.1, 0.15) is 6.10 Å². The van der Waals surface area contributed by atoms with Crippen LogP contribution in [-0.2, 0) is 0 Å². The Morgan fingerprint density at radius 1 is 1.42 bits per heavy atom. The second-order valence-corrected chi connectivity index (χ2v) is 2.51. The summed E-state index contributed by atoms with van der Waals surface area (Å²) in [5, 5.41) is 8.90. The van der Waals surface area contributed by atoms with Crippen LogP contribution in [0.2, 0.25) is 0 Å². The van der Waals surface area contributed by atoms with Gasteiger partial charge in [-0.25, -0.2) is 8.78 Å². The van der Waals surface area contributed by atoms with E-state index in [1.165, 1.54) is 12.3 Å². The van der Waals surface area contributed by atoms with Crippen LogP contribution in [0.4, 0.5) is 8.78 Å². The van der Waals surface area contributed by atoms with Gasteiger partial charge in [-0.05, 0) is 13.0 Å². The van der Waals surface area contributed by atoms with Gasteiger partial charge in [-0.2, -0.15) is 0 Å². The van der Waals surface area contributed by atoms with Crippen molar-refractivity contribution >= 4 is 0 Å². The summed E-state index contributed by atoms with van der Waals surface area (Å²) in [6.45, 7) is 1.75. The minimum atomic E-state index is -2.76. The summed E-state index contributed by atoms with van der Waals surface area (Å²) in [4.78, 5) is 3.79. The highest BCUT2D eigenvalue weighted by Crippen LogP contribution is 2.18. The van der Waals surface area contributed by atoms with Gasteiger partial charge in [-0.3, -0.25) is 4.98 Å². The topological polar surface area (TPSA) is 33.1 Å². The number of alkyl halides is 2. The van der Waals surface area contributed by atoms with E-state index in [1.54, 1.807) is 13.0 Å². The van der Waals surface area contributed by atoms with Gasteiger partial charge in [-0.1, -0.05) is 6.07 Å². The average molecular weight is 173 g/mol. The highest BCUT2D eigenvalue weighted by Gasteiger charge is 2.18. The number of pyridine rings is 1. The lowest BCUT2D eigenvalue weighted by Gasteiger charge is -2.08. The second-order valence-electron chi connectivity index (χ2n) is 2.51. The fraction of sp³-hybridized carbons (Fsp3) is 0.375. The van der Waals surface area contributed by atoms with Gasteiger partial charge in [0.15, 0.2) is 0 Å². The van der Waals surface area contributed by atoms with E-state index in [1.807, 2.05) is 0 Å². The van der Waals surface area contributed by atoms with Crippen LogP contribution in [0.3, 0.4) is 0 Å². The predicted octanol–water partition coefficient (Wildman–Crippen LogP) is 1.69. The summed E-state index contributed by atoms with van der Waals surface area (Å²) in [6, 6.07) is 3.03. The van der Waals surface area contributed by atoms with E-state index in [0.29, 0.717) is 0 Å². The zero-order valence-corrected chi connectivity index (χ0v) is 6.54. The maximum atomic E-state index is 11.9. The zero-order valence-electron chi connectivity index (χ0n) is 6.54. The summed E-state index contributed by atoms with van der Waals surface area (Å²) in [5.74, 6) is 0. The molecule has 1 unspecified atom stereocenters. The molecular formula is C8H9F2NO. The standard InChI is InChI=1S/C8H9F2NO/c1-5-2-3-6(4-11-5)7(12)8(9)10/h2-4,7-8,12H,1H3. The number of aryl methyl sites for hydroxylation is 1. The quantitative estimate of drug-likeness (QED) is 0.738. The van der Waals surface area contributed by atoms with Gasteiger partial charge in [-0.15, -0.1) is 0 Å². The van der Waals surface area contributed by atoms with Gasteiger partial charge in [0.25, 0.3) is 6.43 Å². The predicted molar refractivity (Wildman–Crippen MR) is 39.9 cm³/mol. The zero-order chi connectivity index (χ0) is 9.14. The number of halogens is 2. The lowest BCUT2D eigenvalue weighted by Crippen LogP contribution is -2.08. The summed E-state index contributed by atoms with van der Waals surface area (Å²) in [6.07, 6.45) is -3.22. The van der Waals surface area contributed by atoms with E-state index < -0.39 is 12.5 Å². The van der Waals surface area contributed by atoms with Crippen molar-refractivity contribution in [1.29, 1.82) is 0 Å². The molecule has 12 heavy (non-hydrogen) atoms. The Bertz CT molecular complexity index is 248. The molecule has 0 amide bonds. The van der Waals surface area contributed by atoms with Crippen molar-refractivity contribution in [3.63, 3.8) is 0 Å². The number of aliphatic hydroxyl groups is 1. The molecule has 1 N–H and O–H groups in total. The Kier molecular flexibility index (Phi) is 2.70. The van der Waals surface area contributed by atoms with Crippen molar-refractivity contribution in [3.8, 4) is 0 Å². The molecule has 0 radical (unpaired) electrons. The molecule has 1 heterocycles. The van der Waals surface area contributed by atoms with E-state index in [0.717, 1.165) is 5.69 Å². The Morgan fingerprint density at radius 2 is 2.08 bits per heavy atom. The summed E-state index contributed by atoms with van der Waals surface area (Å²) in [5.41, 5.74) is 0.885. The van der Waals surface area contributed by atoms with Crippen LogP contribution in [0, 0.1) is 6.92 Å². The van der Waals surface area contributed by atoms with Gasteiger partial charge >= 0.3 is 0 Å². The maximum absolute atomic E-state index is 11.9. The Morgan fingerprint density at radius 3 is 2.50 bits per heavy atom. The van der Waals surface area contributed by atoms with Crippen molar-refractivity contribution in [1.82, 2.24) is 4.98 Å². The SMILES string of the molecule is Cc1ccc(C(O)C(F)F)cn1. The minimum absolute atomic E-state index is 0.149. The van der Waals surface area contributed by atoms with Crippen LogP contribution in [0.25, 0.3) is 0 Å². The lowest BCUT2D eigenvalue weighted by molar-refractivity contribution is -0.00597. The van der Waals surface area contributed by atoms with Crippen molar-refractivity contribution in [2.75, 3.05) is 0 Å². The van der Waals surface area contributed by atoms with Crippen LogP contribution in [0.5, 0.6) is 0 Å². The fourth-order valence-electron chi connectivity index (χ4n) is 0.800. The third kappa shape index (κ3) is 1.98. The molecule has 0 saturated heterocycles. The van der Waals surface area contributed by atoms with Crippen LogP contribution in [-0.4, -0.2) is 16.5 Å². The molecule has 1 atom stereocenters. The van der Waals surface area contributed by atoms with Gasteiger partial charge in [0.05, 0.1) is 0 Å². The van der Waals surface area contributed by atoms with Crippen molar-refractivity contribution in [2.24, 2.45) is 0 Å². The van der Waals surface area contributed by atoms with E-state index in [4.69, 9.17) is 5.11 Å². The highest BCUT2D eigenvalue weighted by atomic mass is 19.3. The molecule has 0 saturated carbocycles. The maximum Gasteiger partial charge on any atom is 0.268 e. The van der Waals surface area contributed by atoms with E-state index in [9.17, 15) is 8.78 Å². The molecule has 4 heteroatoms. The number of hydrogen-bond donors (Lipinski definition) is 1. The molecular weight excluding hydrogens is 164 g/mol. The molecule has 0 aliphatic heterocycles. The van der Waals surface area contributed by atoms with E-state index in [2.05, 4.69) is 4.98 Å². The minimum Gasteiger partial charge on any atom is -0.382 e. The smallest absolute Gasteiger partial charge is 0.268 e. The van der Waals surface area contributed by atoms with Crippen molar-refractivity contribution in [2.45, 2.75) is 19.5 Å². The van der Waals surface area contributed by atoms with Crippen LogP contribution in [0.1, 0.15) is 17.4 Å². The first kappa shape index (κ1) is 9.06. The molecule has 1 aromatic heterocycles. The number of rotatable bonds is 2. The summed E-state index contributed by atoms with van der Waals surface area (Å²) >= 11 is 0. The first-order valence-electron chi connectivity index (χ1n) is 3.50. The molecule has 2 nitrogen and oxygen atoms in total. The van der Waals surface area contributed by atoms with Crippen molar-refractivity contribution in [3.05, 3.63) is 29.6 Å². The van der Waals surface area contributed by atoms with Crippen molar-refractivity contribution < 1.29 is 13.9 Å². The molecule has 0 bridgehead atoms.